The highest BCUT2D eigenvalue weighted by Crippen LogP contribution is 2.31. The van der Waals surface area contributed by atoms with Crippen molar-refractivity contribution in [3.8, 4) is 0 Å². The van der Waals surface area contributed by atoms with Crippen LogP contribution >= 0.6 is 0 Å². The summed E-state index contributed by atoms with van der Waals surface area (Å²) in [5.74, 6) is -2.55. The average molecular weight is 444 g/mol. The lowest BCUT2D eigenvalue weighted by atomic mass is 10.1. The van der Waals surface area contributed by atoms with Gasteiger partial charge in [-0.1, -0.05) is 30.3 Å². The summed E-state index contributed by atoms with van der Waals surface area (Å²) in [5, 5.41) is 10.9. The number of benzene rings is 3. The molecule has 0 atom stereocenters. The lowest BCUT2D eigenvalue weighted by molar-refractivity contribution is -0.384. The van der Waals surface area contributed by atoms with Crippen LogP contribution in [0.5, 0.6) is 0 Å². The Hall–Kier alpha value is -4.66. The largest absolute Gasteiger partial charge is 0.454 e. The number of hydrogen-bond donors (Lipinski definition) is 0. The number of nitro benzene ring substituents is 1. The number of carbonyl (C=O) groups excluding carboxylic acids is 4. The molecule has 0 radical (unpaired) electrons. The van der Waals surface area contributed by atoms with Crippen molar-refractivity contribution in [2.45, 2.75) is 6.92 Å². The van der Waals surface area contributed by atoms with Gasteiger partial charge in [0.25, 0.3) is 17.5 Å². The van der Waals surface area contributed by atoms with Crippen molar-refractivity contribution in [2.75, 3.05) is 11.5 Å². The van der Waals surface area contributed by atoms with Crippen molar-refractivity contribution in [3.63, 3.8) is 0 Å². The first kappa shape index (κ1) is 21.6. The normalized spacial score (nSPS) is 12.5. The van der Waals surface area contributed by atoms with Gasteiger partial charge in [-0.2, -0.15) is 0 Å². The minimum absolute atomic E-state index is 0.00613. The second-order valence-electron chi connectivity index (χ2n) is 7.30. The number of Topliss-reactive ketones (excluding diaryl/α,β-unsaturated/α-hetero) is 1. The van der Waals surface area contributed by atoms with Crippen molar-refractivity contribution in [3.05, 3.63) is 105 Å². The number of aryl methyl sites for hydroxylation is 1. The average Bonchev–Trinajstić information content (AvgIpc) is 3.07. The van der Waals surface area contributed by atoms with E-state index in [4.69, 9.17) is 4.74 Å². The molecule has 3 aromatic rings. The van der Waals surface area contributed by atoms with Crippen LogP contribution in [0.1, 0.15) is 47.0 Å². The number of nitro groups is 1. The standard InChI is InChI=1S/C24H16N2O7/c1-14-5-2-3-8-20(14)25-22(28)18-10-9-16(12-19(18)23(25)29)24(30)33-13-21(27)15-6-4-7-17(11-15)26(31)32/h2-12H,13H2,1H3. The van der Waals surface area contributed by atoms with Crippen molar-refractivity contribution < 1.29 is 28.8 Å². The zero-order chi connectivity index (χ0) is 23.7. The summed E-state index contributed by atoms with van der Waals surface area (Å²) in [6.07, 6.45) is 0. The van der Waals surface area contributed by atoms with E-state index in [0.29, 0.717) is 5.69 Å². The summed E-state index contributed by atoms with van der Waals surface area (Å²) in [4.78, 5) is 61.7. The quantitative estimate of drug-likeness (QED) is 0.186. The maximum Gasteiger partial charge on any atom is 0.338 e. The van der Waals surface area contributed by atoms with Gasteiger partial charge in [-0.05, 0) is 36.8 Å². The molecule has 164 valence electrons. The topological polar surface area (TPSA) is 124 Å². The summed E-state index contributed by atoms with van der Waals surface area (Å²) in [6, 6.07) is 16.0. The number of imide groups is 1. The molecule has 0 saturated carbocycles. The molecule has 9 nitrogen and oxygen atoms in total. The summed E-state index contributed by atoms with van der Waals surface area (Å²) >= 11 is 0. The van der Waals surface area contributed by atoms with Crippen molar-refractivity contribution in [1.29, 1.82) is 0 Å². The number of carbonyl (C=O) groups is 4. The Morgan fingerprint density at radius 2 is 1.64 bits per heavy atom. The van der Waals surface area contributed by atoms with Crippen LogP contribution in [0.3, 0.4) is 0 Å². The lowest BCUT2D eigenvalue weighted by Gasteiger charge is -2.16. The first-order chi connectivity index (χ1) is 15.8. The van der Waals surface area contributed by atoms with Crippen molar-refractivity contribution in [1.82, 2.24) is 0 Å². The first-order valence-corrected chi connectivity index (χ1v) is 9.81. The third-order valence-electron chi connectivity index (χ3n) is 5.19. The fourth-order valence-corrected chi connectivity index (χ4v) is 3.49. The highest BCUT2D eigenvalue weighted by molar-refractivity contribution is 6.35. The van der Waals surface area contributed by atoms with E-state index in [1.807, 2.05) is 0 Å². The van der Waals surface area contributed by atoms with E-state index in [0.717, 1.165) is 16.5 Å². The van der Waals surface area contributed by atoms with E-state index in [1.54, 1.807) is 31.2 Å². The fourth-order valence-electron chi connectivity index (χ4n) is 3.49. The predicted molar refractivity (Wildman–Crippen MR) is 116 cm³/mol. The smallest absolute Gasteiger partial charge is 0.338 e. The van der Waals surface area contributed by atoms with Gasteiger partial charge in [0, 0.05) is 17.7 Å². The molecule has 0 spiro atoms. The number of ether oxygens (including phenoxy) is 1. The molecule has 33 heavy (non-hydrogen) atoms. The summed E-state index contributed by atoms with van der Waals surface area (Å²) < 4.78 is 5.03. The van der Waals surface area contributed by atoms with Crippen molar-refractivity contribution >= 4 is 34.9 Å². The van der Waals surface area contributed by atoms with Gasteiger partial charge in [-0.3, -0.25) is 24.5 Å². The molecule has 0 saturated heterocycles. The van der Waals surface area contributed by atoms with Crippen LogP contribution < -0.4 is 4.90 Å². The van der Waals surface area contributed by atoms with E-state index >= 15 is 0 Å². The van der Waals surface area contributed by atoms with E-state index in [2.05, 4.69) is 0 Å². The van der Waals surface area contributed by atoms with Gasteiger partial charge in [0.15, 0.2) is 6.61 Å². The molecule has 2 amide bonds. The molecular weight excluding hydrogens is 428 g/mol. The molecule has 0 bridgehead atoms. The number of amides is 2. The Kier molecular flexibility index (Phi) is 5.53. The number of nitrogens with zero attached hydrogens (tertiary/aromatic N) is 2. The second-order valence-corrected chi connectivity index (χ2v) is 7.30. The minimum atomic E-state index is -0.869. The number of ketones is 1. The molecule has 4 rings (SSSR count). The highest BCUT2D eigenvalue weighted by atomic mass is 16.6. The predicted octanol–water partition coefficient (Wildman–Crippen LogP) is 3.74. The van der Waals surface area contributed by atoms with Crippen LogP contribution in [0.15, 0.2) is 66.7 Å². The Balaban J connectivity index is 1.51. The lowest BCUT2D eigenvalue weighted by Crippen LogP contribution is -2.29. The molecule has 3 aromatic carbocycles. The van der Waals surface area contributed by atoms with E-state index < -0.39 is 35.1 Å². The fraction of sp³-hybridized carbons (Fsp3) is 0.0833. The summed E-state index contributed by atoms with van der Waals surface area (Å²) in [5.41, 5.74) is 1.18. The Bertz CT molecular complexity index is 1350. The highest BCUT2D eigenvalue weighted by Gasteiger charge is 2.37. The van der Waals surface area contributed by atoms with Crippen LogP contribution in [0, 0.1) is 17.0 Å². The number of para-hydroxylation sites is 1. The number of anilines is 1. The zero-order valence-corrected chi connectivity index (χ0v) is 17.3. The molecule has 0 N–H and O–H groups in total. The number of esters is 1. The first-order valence-electron chi connectivity index (χ1n) is 9.81. The molecule has 9 heteroatoms. The van der Waals surface area contributed by atoms with Crippen LogP contribution in [0.25, 0.3) is 0 Å². The van der Waals surface area contributed by atoms with Crippen LogP contribution in [-0.4, -0.2) is 35.1 Å². The molecule has 1 aliphatic rings. The number of non-ortho nitro benzene ring substituents is 1. The van der Waals surface area contributed by atoms with Gasteiger partial charge in [0.05, 0.1) is 27.3 Å². The van der Waals surface area contributed by atoms with Gasteiger partial charge in [0.2, 0.25) is 5.78 Å². The molecule has 0 fully saturated rings. The monoisotopic (exact) mass is 444 g/mol. The van der Waals surface area contributed by atoms with Crippen LogP contribution in [0.4, 0.5) is 11.4 Å². The SMILES string of the molecule is Cc1ccccc1N1C(=O)c2ccc(C(=O)OCC(=O)c3cccc([N+](=O)[O-])c3)cc2C1=O. The molecular formula is C24H16N2O7. The maximum absolute atomic E-state index is 12.9. The summed E-state index contributed by atoms with van der Waals surface area (Å²) in [7, 11) is 0. The zero-order valence-electron chi connectivity index (χ0n) is 17.3. The van der Waals surface area contributed by atoms with Crippen molar-refractivity contribution in [2.24, 2.45) is 0 Å². The maximum atomic E-state index is 12.9. The minimum Gasteiger partial charge on any atom is -0.454 e. The Morgan fingerprint density at radius 1 is 0.909 bits per heavy atom. The van der Waals surface area contributed by atoms with Gasteiger partial charge in [-0.25, -0.2) is 9.69 Å². The van der Waals surface area contributed by atoms with Gasteiger partial charge in [-0.15, -0.1) is 0 Å². The molecule has 0 aromatic heterocycles. The third-order valence-corrected chi connectivity index (χ3v) is 5.19. The molecule has 1 aliphatic heterocycles. The Labute approximate surface area is 187 Å². The van der Waals surface area contributed by atoms with Gasteiger partial charge >= 0.3 is 5.97 Å². The molecule has 0 aliphatic carbocycles. The number of rotatable bonds is 6. The third kappa shape index (κ3) is 3.99. The Morgan fingerprint density at radius 3 is 2.36 bits per heavy atom. The summed E-state index contributed by atoms with van der Waals surface area (Å²) in [6.45, 7) is 1.14. The van der Waals surface area contributed by atoms with Gasteiger partial charge < -0.3 is 4.74 Å². The van der Waals surface area contributed by atoms with Gasteiger partial charge in [0.1, 0.15) is 0 Å². The second kappa shape index (κ2) is 8.46. The molecule has 1 heterocycles. The number of fused-ring (bicyclic) bond motifs is 1. The van der Waals surface area contributed by atoms with Crippen LogP contribution in [-0.2, 0) is 4.74 Å². The number of hydrogen-bond acceptors (Lipinski definition) is 7. The van der Waals surface area contributed by atoms with Crippen LogP contribution in [0.2, 0.25) is 0 Å². The van der Waals surface area contributed by atoms with E-state index in [9.17, 15) is 29.3 Å². The molecule has 0 unspecified atom stereocenters. The van der Waals surface area contributed by atoms with E-state index in [1.165, 1.54) is 36.4 Å². The van der Waals surface area contributed by atoms with E-state index in [-0.39, 0.29) is 27.9 Å².